The van der Waals surface area contributed by atoms with E-state index in [0.717, 1.165) is 12.8 Å². The molecule has 0 fully saturated rings. The van der Waals surface area contributed by atoms with Crippen LogP contribution in [-0.2, 0) is 14.8 Å². The number of ether oxygens (including phenoxy) is 1. The van der Waals surface area contributed by atoms with Gasteiger partial charge >= 0.3 is 6.03 Å². The van der Waals surface area contributed by atoms with Crippen molar-refractivity contribution >= 4 is 27.6 Å². The van der Waals surface area contributed by atoms with Crippen molar-refractivity contribution in [2.24, 2.45) is 0 Å². The van der Waals surface area contributed by atoms with E-state index < -0.39 is 16.1 Å². The maximum atomic E-state index is 12.1. The van der Waals surface area contributed by atoms with Gasteiger partial charge in [-0.05, 0) is 24.6 Å². The van der Waals surface area contributed by atoms with Crippen molar-refractivity contribution in [3.63, 3.8) is 0 Å². The molecule has 0 unspecified atom stereocenters. The Hall–Kier alpha value is -2.29. The Morgan fingerprint density at radius 2 is 2.18 bits per heavy atom. The lowest BCUT2D eigenvalue weighted by Crippen LogP contribution is -2.39. The first kappa shape index (κ1) is 16.1. The SMILES string of the molecule is CCCCNC(=O)NS(=O)(=O)c1ccc2c(c1)NC(=O)CO2. The quantitative estimate of drug-likeness (QED) is 0.692. The summed E-state index contributed by atoms with van der Waals surface area (Å²) in [7, 11) is -4.02. The molecule has 3 amide bonds. The molecule has 1 aromatic carbocycles. The highest BCUT2D eigenvalue weighted by molar-refractivity contribution is 7.90. The first-order valence-corrected chi connectivity index (χ1v) is 8.28. The van der Waals surface area contributed by atoms with Crippen molar-refractivity contribution in [1.29, 1.82) is 0 Å². The molecule has 22 heavy (non-hydrogen) atoms. The lowest BCUT2D eigenvalue weighted by atomic mass is 10.2. The number of fused-ring (bicyclic) bond motifs is 1. The topological polar surface area (TPSA) is 114 Å². The average molecular weight is 327 g/mol. The summed E-state index contributed by atoms with van der Waals surface area (Å²) in [5.41, 5.74) is 0.255. The molecule has 9 heteroatoms. The molecule has 1 aliphatic heterocycles. The molecule has 0 spiro atoms. The van der Waals surface area contributed by atoms with E-state index in [1.165, 1.54) is 18.2 Å². The van der Waals surface area contributed by atoms with E-state index in [1.807, 2.05) is 11.6 Å². The van der Waals surface area contributed by atoms with Crippen LogP contribution in [0.15, 0.2) is 23.1 Å². The van der Waals surface area contributed by atoms with Gasteiger partial charge in [0, 0.05) is 6.54 Å². The van der Waals surface area contributed by atoms with Crippen LogP contribution in [0, 0.1) is 0 Å². The molecular weight excluding hydrogens is 310 g/mol. The first-order valence-electron chi connectivity index (χ1n) is 6.79. The van der Waals surface area contributed by atoms with Gasteiger partial charge in [-0.1, -0.05) is 13.3 Å². The number of hydrogen-bond acceptors (Lipinski definition) is 5. The minimum Gasteiger partial charge on any atom is -0.482 e. The molecule has 0 saturated carbocycles. The second-order valence-corrected chi connectivity index (χ2v) is 6.39. The van der Waals surface area contributed by atoms with Gasteiger partial charge in [0.1, 0.15) is 5.75 Å². The van der Waals surface area contributed by atoms with E-state index in [9.17, 15) is 18.0 Å². The van der Waals surface area contributed by atoms with Crippen molar-refractivity contribution in [1.82, 2.24) is 10.0 Å². The summed E-state index contributed by atoms with van der Waals surface area (Å²) >= 11 is 0. The fourth-order valence-corrected chi connectivity index (χ4v) is 2.78. The summed E-state index contributed by atoms with van der Waals surface area (Å²) in [5.74, 6) is 0.0123. The average Bonchev–Trinajstić information content (AvgIpc) is 2.46. The molecule has 3 N–H and O–H groups in total. The molecule has 1 heterocycles. The molecule has 0 aliphatic carbocycles. The van der Waals surface area contributed by atoms with Crippen LogP contribution in [-0.4, -0.2) is 33.5 Å². The Kier molecular flexibility index (Phi) is 4.86. The number of amides is 3. The van der Waals surface area contributed by atoms with Crippen LogP contribution in [0.5, 0.6) is 5.75 Å². The van der Waals surface area contributed by atoms with Gasteiger partial charge in [0.15, 0.2) is 6.61 Å². The van der Waals surface area contributed by atoms with E-state index >= 15 is 0 Å². The maximum Gasteiger partial charge on any atom is 0.328 e. The molecule has 0 aromatic heterocycles. The van der Waals surface area contributed by atoms with E-state index in [1.54, 1.807) is 0 Å². The van der Waals surface area contributed by atoms with Crippen molar-refractivity contribution in [2.75, 3.05) is 18.5 Å². The third-order valence-electron chi connectivity index (χ3n) is 2.94. The van der Waals surface area contributed by atoms with Gasteiger partial charge in [-0.15, -0.1) is 0 Å². The van der Waals surface area contributed by atoms with Crippen LogP contribution < -0.4 is 20.1 Å². The number of unbranched alkanes of at least 4 members (excludes halogenated alkanes) is 1. The Morgan fingerprint density at radius 3 is 2.91 bits per heavy atom. The van der Waals surface area contributed by atoms with Gasteiger partial charge in [0.05, 0.1) is 10.6 Å². The minimum absolute atomic E-state index is 0.114. The predicted octanol–water partition coefficient (Wildman–Crippen LogP) is 0.806. The van der Waals surface area contributed by atoms with Crippen LogP contribution in [0.4, 0.5) is 10.5 Å². The van der Waals surface area contributed by atoms with Crippen LogP contribution in [0.2, 0.25) is 0 Å². The Balaban J connectivity index is 2.11. The Labute approximate surface area is 128 Å². The molecule has 0 radical (unpaired) electrons. The standard InChI is InChI=1S/C13H17N3O5S/c1-2-3-6-14-13(18)16-22(19,20)9-4-5-11-10(7-9)15-12(17)8-21-11/h4-5,7H,2-3,6,8H2,1H3,(H,15,17)(H2,14,16,18). The molecule has 0 atom stereocenters. The number of anilines is 1. The zero-order valence-corrected chi connectivity index (χ0v) is 12.8. The third kappa shape index (κ3) is 3.88. The van der Waals surface area contributed by atoms with Gasteiger partial charge < -0.3 is 15.4 Å². The largest absolute Gasteiger partial charge is 0.482 e. The van der Waals surface area contributed by atoms with Crippen molar-refractivity contribution in [3.8, 4) is 5.75 Å². The van der Waals surface area contributed by atoms with Crippen molar-refractivity contribution in [3.05, 3.63) is 18.2 Å². The van der Waals surface area contributed by atoms with Crippen LogP contribution in [0.25, 0.3) is 0 Å². The van der Waals surface area contributed by atoms with Gasteiger partial charge in [-0.25, -0.2) is 17.9 Å². The van der Waals surface area contributed by atoms with E-state index in [0.29, 0.717) is 12.3 Å². The van der Waals surface area contributed by atoms with Gasteiger partial charge in [0.2, 0.25) is 0 Å². The fraction of sp³-hybridized carbons (Fsp3) is 0.385. The number of rotatable bonds is 5. The van der Waals surface area contributed by atoms with E-state index in [2.05, 4.69) is 10.6 Å². The van der Waals surface area contributed by atoms with E-state index in [4.69, 9.17) is 4.74 Å². The predicted molar refractivity (Wildman–Crippen MR) is 79.2 cm³/mol. The fourth-order valence-electron chi connectivity index (χ4n) is 1.83. The summed E-state index contributed by atoms with van der Waals surface area (Å²) in [5, 5.41) is 4.97. The monoisotopic (exact) mass is 327 g/mol. The van der Waals surface area contributed by atoms with Gasteiger partial charge in [-0.2, -0.15) is 0 Å². The number of urea groups is 1. The maximum absolute atomic E-state index is 12.1. The molecule has 1 aliphatic rings. The molecular formula is C13H17N3O5S. The summed E-state index contributed by atoms with van der Waals surface area (Å²) in [6.07, 6.45) is 1.65. The summed E-state index contributed by atoms with van der Waals surface area (Å²) < 4.78 is 31.3. The minimum atomic E-state index is -4.02. The molecule has 2 rings (SSSR count). The summed E-state index contributed by atoms with van der Waals surface area (Å²) in [6.45, 7) is 2.24. The number of benzene rings is 1. The molecule has 120 valence electrons. The normalized spacial score (nSPS) is 13.6. The lowest BCUT2D eigenvalue weighted by Gasteiger charge is -2.18. The first-order chi connectivity index (χ1) is 10.4. The molecule has 0 saturated heterocycles. The lowest BCUT2D eigenvalue weighted by molar-refractivity contribution is -0.118. The highest BCUT2D eigenvalue weighted by Gasteiger charge is 2.22. The van der Waals surface area contributed by atoms with Crippen molar-refractivity contribution < 1.29 is 22.7 Å². The second-order valence-electron chi connectivity index (χ2n) is 4.71. The molecule has 1 aromatic rings. The van der Waals surface area contributed by atoms with Crippen LogP contribution in [0.3, 0.4) is 0 Å². The highest BCUT2D eigenvalue weighted by Crippen LogP contribution is 2.29. The van der Waals surface area contributed by atoms with Gasteiger partial charge in [-0.3, -0.25) is 4.79 Å². The smallest absolute Gasteiger partial charge is 0.328 e. The Morgan fingerprint density at radius 1 is 1.41 bits per heavy atom. The molecule has 8 nitrogen and oxygen atoms in total. The van der Waals surface area contributed by atoms with Crippen molar-refractivity contribution in [2.45, 2.75) is 24.7 Å². The van der Waals surface area contributed by atoms with E-state index in [-0.39, 0.29) is 23.1 Å². The zero-order valence-electron chi connectivity index (χ0n) is 12.0. The zero-order chi connectivity index (χ0) is 16.2. The number of carbonyl (C=O) groups is 2. The Bertz CT molecular complexity index is 687. The number of sulfonamides is 1. The van der Waals surface area contributed by atoms with Crippen LogP contribution >= 0.6 is 0 Å². The highest BCUT2D eigenvalue weighted by atomic mass is 32.2. The second kappa shape index (κ2) is 6.65. The summed E-state index contributed by atoms with van der Waals surface area (Å²) in [6, 6.07) is 3.19. The van der Waals surface area contributed by atoms with Crippen LogP contribution in [0.1, 0.15) is 19.8 Å². The number of nitrogens with one attached hydrogen (secondary N) is 3. The number of hydrogen-bond donors (Lipinski definition) is 3. The van der Waals surface area contributed by atoms with Gasteiger partial charge in [0.25, 0.3) is 15.9 Å². The molecule has 0 bridgehead atoms. The summed E-state index contributed by atoms with van der Waals surface area (Å²) in [4.78, 5) is 22.7. The third-order valence-corrected chi connectivity index (χ3v) is 4.27. The number of carbonyl (C=O) groups excluding carboxylic acids is 2.